The van der Waals surface area contributed by atoms with Gasteiger partial charge in [-0.25, -0.2) is 9.97 Å². The molecule has 2 heterocycles. The standard InChI is InChI=1S/C18H20N4OS/c1-3-19-17(23)15-12(2)14-16(21-11-22-18(14)24-15)20-10-9-13-7-5-4-6-8-13/h4-8,11H,3,9-10H2,1-2H3,(H,19,23)(H,20,21,22). The van der Waals surface area contributed by atoms with Gasteiger partial charge in [0.2, 0.25) is 0 Å². The first kappa shape index (κ1) is 16.4. The molecule has 0 atom stereocenters. The number of amides is 1. The summed E-state index contributed by atoms with van der Waals surface area (Å²) in [5.41, 5.74) is 2.21. The van der Waals surface area contributed by atoms with Crippen molar-refractivity contribution < 1.29 is 4.79 Å². The Balaban J connectivity index is 1.82. The van der Waals surface area contributed by atoms with Gasteiger partial charge < -0.3 is 10.6 Å². The minimum atomic E-state index is -0.0479. The van der Waals surface area contributed by atoms with E-state index in [0.717, 1.165) is 34.6 Å². The molecule has 5 nitrogen and oxygen atoms in total. The van der Waals surface area contributed by atoms with Gasteiger partial charge >= 0.3 is 0 Å². The predicted octanol–water partition coefficient (Wildman–Crippen LogP) is 3.40. The van der Waals surface area contributed by atoms with Crippen LogP contribution in [-0.2, 0) is 6.42 Å². The first-order chi connectivity index (χ1) is 11.7. The highest BCUT2D eigenvalue weighted by Crippen LogP contribution is 2.33. The van der Waals surface area contributed by atoms with Crippen LogP contribution in [0.3, 0.4) is 0 Å². The summed E-state index contributed by atoms with van der Waals surface area (Å²) in [5, 5.41) is 7.18. The molecule has 0 aliphatic heterocycles. The molecule has 3 rings (SSSR count). The molecule has 2 aromatic heterocycles. The molecule has 0 aliphatic carbocycles. The molecule has 0 saturated carbocycles. The zero-order chi connectivity index (χ0) is 16.9. The number of benzene rings is 1. The average Bonchev–Trinajstić information content (AvgIpc) is 2.94. The molecule has 0 spiro atoms. The number of carbonyl (C=O) groups is 1. The summed E-state index contributed by atoms with van der Waals surface area (Å²) in [6.07, 6.45) is 2.46. The van der Waals surface area contributed by atoms with Gasteiger partial charge in [-0.15, -0.1) is 11.3 Å². The first-order valence-corrected chi connectivity index (χ1v) is 8.82. The highest BCUT2D eigenvalue weighted by Gasteiger charge is 2.18. The van der Waals surface area contributed by atoms with Crippen molar-refractivity contribution in [2.45, 2.75) is 20.3 Å². The highest BCUT2D eigenvalue weighted by atomic mass is 32.1. The first-order valence-electron chi connectivity index (χ1n) is 8.00. The van der Waals surface area contributed by atoms with E-state index in [1.165, 1.54) is 16.9 Å². The smallest absolute Gasteiger partial charge is 0.261 e. The lowest BCUT2D eigenvalue weighted by Crippen LogP contribution is -2.22. The van der Waals surface area contributed by atoms with Crippen LogP contribution in [0.2, 0.25) is 0 Å². The summed E-state index contributed by atoms with van der Waals surface area (Å²) in [7, 11) is 0. The Morgan fingerprint density at radius 3 is 2.75 bits per heavy atom. The van der Waals surface area contributed by atoms with Gasteiger partial charge in [0.15, 0.2) is 0 Å². The lowest BCUT2D eigenvalue weighted by atomic mass is 10.1. The maximum absolute atomic E-state index is 12.2. The second kappa shape index (κ2) is 7.40. The number of thiophene rings is 1. The third-order valence-corrected chi connectivity index (χ3v) is 5.02. The lowest BCUT2D eigenvalue weighted by Gasteiger charge is -2.07. The molecule has 3 aromatic rings. The second-order valence-corrected chi connectivity index (χ2v) is 6.48. The van der Waals surface area contributed by atoms with Gasteiger partial charge in [-0.2, -0.15) is 0 Å². The normalized spacial score (nSPS) is 10.8. The third kappa shape index (κ3) is 3.38. The van der Waals surface area contributed by atoms with E-state index < -0.39 is 0 Å². The molecule has 1 amide bonds. The number of rotatable bonds is 6. The van der Waals surface area contributed by atoms with Crippen LogP contribution in [0.5, 0.6) is 0 Å². The van der Waals surface area contributed by atoms with Gasteiger partial charge in [-0.3, -0.25) is 4.79 Å². The van der Waals surface area contributed by atoms with Gasteiger partial charge in [0.25, 0.3) is 5.91 Å². The number of aromatic nitrogens is 2. The van der Waals surface area contributed by atoms with Crippen molar-refractivity contribution in [3.63, 3.8) is 0 Å². The quantitative estimate of drug-likeness (QED) is 0.722. The minimum absolute atomic E-state index is 0.0479. The maximum atomic E-state index is 12.2. The van der Waals surface area contributed by atoms with Gasteiger partial charge in [0.05, 0.1) is 10.3 Å². The van der Waals surface area contributed by atoms with Crippen LogP contribution < -0.4 is 10.6 Å². The zero-order valence-electron chi connectivity index (χ0n) is 13.8. The molecule has 0 fully saturated rings. The number of nitrogens with zero attached hydrogens (tertiary/aromatic N) is 2. The van der Waals surface area contributed by atoms with E-state index >= 15 is 0 Å². The van der Waals surface area contributed by atoms with Crippen molar-refractivity contribution in [2.75, 3.05) is 18.4 Å². The van der Waals surface area contributed by atoms with Crippen LogP contribution in [0.15, 0.2) is 36.7 Å². The molecule has 0 bridgehead atoms. The summed E-state index contributed by atoms with van der Waals surface area (Å²) in [6.45, 7) is 5.26. The van der Waals surface area contributed by atoms with Crippen LogP contribution >= 0.6 is 11.3 Å². The molecule has 2 N–H and O–H groups in total. The van der Waals surface area contributed by atoms with Crippen LogP contribution in [0.25, 0.3) is 10.2 Å². The molecule has 124 valence electrons. The number of fused-ring (bicyclic) bond motifs is 1. The van der Waals surface area contributed by atoms with Gasteiger partial charge in [-0.05, 0) is 31.4 Å². The van der Waals surface area contributed by atoms with Crippen LogP contribution in [0, 0.1) is 6.92 Å². The number of nitrogens with one attached hydrogen (secondary N) is 2. The Morgan fingerprint density at radius 1 is 1.21 bits per heavy atom. The number of hydrogen-bond acceptors (Lipinski definition) is 5. The van der Waals surface area contributed by atoms with Crippen LogP contribution in [0.4, 0.5) is 5.82 Å². The molecule has 0 radical (unpaired) electrons. The Bertz CT molecular complexity index is 845. The lowest BCUT2D eigenvalue weighted by molar-refractivity contribution is 0.0959. The van der Waals surface area contributed by atoms with E-state index in [4.69, 9.17) is 0 Å². The maximum Gasteiger partial charge on any atom is 0.261 e. The average molecular weight is 340 g/mol. The van der Waals surface area contributed by atoms with Gasteiger partial charge in [-0.1, -0.05) is 30.3 Å². The topological polar surface area (TPSA) is 66.9 Å². The minimum Gasteiger partial charge on any atom is -0.369 e. The largest absolute Gasteiger partial charge is 0.369 e. The monoisotopic (exact) mass is 340 g/mol. The van der Waals surface area contributed by atoms with Gasteiger partial charge in [0, 0.05) is 13.1 Å². The van der Waals surface area contributed by atoms with Gasteiger partial charge in [0.1, 0.15) is 17.0 Å². The van der Waals surface area contributed by atoms with Crippen LogP contribution in [0.1, 0.15) is 27.7 Å². The SMILES string of the molecule is CCNC(=O)c1sc2ncnc(NCCc3ccccc3)c2c1C. The Hall–Kier alpha value is -2.47. The van der Waals surface area contributed by atoms with Crippen molar-refractivity contribution in [1.82, 2.24) is 15.3 Å². The Kier molecular flexibility index (Phi) is 5.05. The fourth-order valence-electron chi connectivity index (χ4n) is 2.63. The number of anilines is 1. The van der Waals surface area contributed by atoms with E-state index in [0.29, 0.717) is 11.4 Å². The molecule has 0 aliphatic rings. The van der Waals surface area contributed by atoms with Crippen molar-refractivity contribution in [3.8, 4) is 0 Å². The van der Waals surface area contributed by atoms with Crippen molar-refractivity contribution in [3.05, 3.63) is 52.7 Å². The molecule has 0 saturated heterocycles. The van der Waals surface area contributed by atoms with E-state index in [2.05, 4.69) is 32.7 Å². The third-order valence-electron chi connectivity index (χ3n) is 3.82. The van der Waals surface area contributed by atoms with Crippen molar-refractivity contribution in [1.29, 1.82) is 0 Å². The summed E-state index contributed by atoms with van der Waals surface area (Å²) < 4.78 is 0. The van der Waals surface area contributed by atoms with E-state index in [-0.39, 0.29) is 5.91 Å². The Labute approximate surface area is 145 Å². The summed E-state index contributed by atoms with van der Waals surface area (Å²) >= 11 is 1.41. The predicted molar refractivity (Wildman–Crippen MR) is 98.8 cm³/mol. The molecule has 24 heavy (non-hydrogen) atoms. The highest BCUT2D eigenvalue weighted by molar-refractivity contribution is 7.20. The number of hydrogen-bond donors (Lipinski definition) is 2. The molecule has 1 aromatic carbocycles. The second-order valence-electron chi connectivity index (χ2n) is 5.48. The Morgan fingerprint density at radius 2 is 2.00 bits per heavy atom. The van der Waals surface area contributed by atoms with E-state index in [1.54, 1.807) is 6.33 Å². The van der Waals surface area contributed by atoms with Crippen molar-refractivity contribution in [2.24, 2.45) is 0 Å². The zero-order valence-corrected chi connectivity index (χ0v) is 14.6. The van der Waals surface area contributed by atoms with E-state index in [1.807, 2.05) is 32.0 Å². The molecule has 0 unspecified atom stereocenters. The van der Waals surface area contributed by atoms with Crippen molar-refractivity contribution >= 4 is 33.3 Å². The van der Waals surface area contributed by atoms with E-state index in [9.17, 15) is 4.79 Å². The number of aryl methyl sites for hydroxylation is 1. The fraction of sp³-hybridized carbons (Fsp3) is 0.278. The molecular weight excluding hydrogens is 320 g/mol. The fourth-order valence-corrected chi connectivity index (χ4v) is 3.70. The summed E-state index contributed by atoms with van der Waals surface area (Å²) in [6, 6.07) is 10.3. The summed E-state index contributed by atoms with van der Waals surface area (Å²) in [5.74, 6) is 0.744. The number of carbonyl (C=O) groups excluding carboxylic acids is 1. The molecule has 6 heteroatoms. The molecular formula is C18H20N4OS. The summed E-state index contributed by atoms with van der Waals surface area (Å²) in [4.78, 5) is 22.4. The van der Waals surface area contributed by atoms with Crippen LogP contribution in [-0.4, -0.2) is 29.0 Å².